The number of hydrogen-bond acceptors (Lipinski definition) is 9. The third kappa shape index (κ3) is 54.7. The summed E-state index contributed by atoms with van der Waals surface area (Å²) >= 11 is -11.5. The van der Waals surface area contributed by atoms with Gasteiger partial charge in [-0.15, -0.1) is 0 Å². The van der Waals surface area contributed by atoms with Gasteiger partial charge in [0.25, 0.3) is 0 Å². The van der Waals surface area contributed by atoms with Crippen LogP contribution < -0.4 is 51.4 Å². The molecule has 0 aliphatic rings. The van der Waals surface area contributed by atoms with E-state index in [0.717, 1.165) is 0 Å². The van der Waals surface area contributed by atoms with Crippen LogP contribution in [0.15, 0.2) is 0 Å². The second-order valence-electron chi connectivity index (χ2n) is 1.33. The first-order chi connectivity index (χ1) is 5.71. The molecular formula is H2Cr2HgKO11S. The van der Waals surface area contributed by atoms with Crippen LogP contribution in [0.1, 0.15) is 0 Å². The van der Waals surface area contributed by atoms with Gasteiger partial charge in [0.05, 0.1) is 0 Å². The van der Waals surface area contributed by atoms with Gasteiger partial charge in [-0.25, -0.2) is 0 Å². The predicted octanol–water partition coefficient (Wildman–Crippen LogP) is -6.00. The van der Waals surface area contributed by atoms with E-state index in [2.05, 4.69) is 2.84 Å². The molecule has 0 unspecified atom stereocenters. The molecule has 16 heteroatoms. The summed E-state index contributed by atoms with van der Waals surface area (Å²) in [6, 6.07) is 0. The Hall–Kier alpha value is 2.59. The third-order valence-corrected chi connectivity index (χ3v) is 2.92. The van der Waals surface area contributed by atoms with Gasteiger partial charge in [0, 0.05) is 10.4 Å². The Kier molecular flexibility index (Phi) is 17.5. The van der Waals surface area contributed by atoms with E-state index in [0.29, 0.717) is 0 Å². The van der Waals surface area contributed by atoms with Gasteiger partial charge >= 0.3 is 133 Å². The molecule has 0 fully saturated rings. The molecule has 0 spiro atoms. The van der Waals surface area contributed by atoms with Crippen molar-refractivity contribution < 1.29 is 150 Å². The zero-order valence-electron chi connectivity index (χ0n) is 7.50. The molecule has 1 radical (unpaired) electrons. The number of hydrogen-bond donors (Lipinski definition) is 2. The first-order valence-corrected chi connectivity index (χ1v) is 7.63. The summed E-state index contributed by atoms with van der Waals surface area (Å²) in [4.78, 5) is 0. The molecule has 2 N–H and O–H groups in total. The molecule has 0 bridgehead atoms. The van der Waals surface area contributed by atoms with E-state index in [1.165, 1.54) is 0 Å². The first-order valence-electron chi connectivity index (χ1n) is 2.03. The van der Waals surface area contributed by atoms with Crippen LogP contribution in [0.2, 0.25) is 0 Å². The van der Waals surface area contributed by atoms with E-state index in [1.807, 2.05) is 0 Å². The van der Waals surface area contributed by atoms with Crippen molar-refractivity contribution in [2.45, 2.75) is 0 Å². The Morgan fingerprint density at radius 2 is 1.06 bits per heavy atom. The Balaban J connectivity index is -0.0000000904. The van der Waals surface area contributed by atoms with Gasteiger partial charge in [-0.3, -0.25) is 8.42 Å². The van der Waals surface area contributed by atoms with E-state index in [1.54, 1.807) is 0 Å². The standard InChI is InChI=1S/2Cr.Hg.K.H2O4S.2H2O.5O/c;;;;1-5(2,3)4;;;;;;;/h;;;;(H2,1,2,3,4);2*1H2;;;;;/q4*+1;;;;;;;;/p-4. The summed E-state index contributed by atoms with van der Waals surface area (Å²) in [5.41, 5.74) is 0. The fraction of sp³-hybridized carbons (Fsp3) is 0. The van der Waals surface area contributed by atoms with Crippen molar-refractivity contribution in [3.63, 3.8) is 0 Å². The van der Waals surface area contributed by atoms with Crippen LogP contribution in [0.4, 0.5) is 0 Å². The average molecular weight is 554 g/mol. The minimum atomic E-state index is -5.76. The van der Waals surface area contributed by atoms with Crippen LogP contribution in [0.5, 0.6) is 0 Å². The topological polar surface area (TPSA) is 198 Å². The Morgan fingerprint density at radius 1 is 0.938 bits per heavy atom. The van der Waals surface area contributed by atoms with Crippen molar-refractivity contribution in [3.05, 3.63) is 0 Å². The monoisotopic (exact) mass is 555 g/mol. The van der Waals surface area contributed by atoms with Gasteiger partial charge in [-0.1, -0.05) is 0 Å². The summed E-state index contributed by atoms with van der Waals surface area (Å²) in [5.74, 6) is 0. The molecule has 11 nitrogen and oxygen atoms in total. The SMILES string of the molecule is O=S(=O)([O-])[O-].[Hg+].[K+].[O]=[Cr](=[O])([OH])[O][Cr](=[O])(=[O])[OH]. The zero-order valence-corrected chi connectivity index (χ0v) is 19.5. The van der Waals surface area contributed by atoms with Gasteiger partial charge in [0.2, 0.25) is 0 Å². The van der Waals surface area contributed by atoms with Gasteiger partial charge < -0.3 is 9.11 Å². The van der Waals surface area contributed by atoms with E-state index < -0.39 is 37.6 Å². The quantitative estimate of drug-likeness (QED) is 0.187. The molecule has 89 valence electrons. The fourth-order valence-corrected chi connectivity index (χ4v) is 1.85. The summed E-state index contributed by atoms with van der Waals surface area (Å²) in [7, 11) is -5.17. The maximum atomic E-state index is 9.53. The van der Waals surface area contributed by atoms with Crippen LogP contribution in [-0.4, -0.2) is 25.8 Å². The molecule has 0 atom stereocenters. The molecule has 0 aromatic rings. The van der Waals surface area contributed by atoms with E-state index in [9.17, 15) is 15.2 Å². The van der Waals surface area contributed by atoms with Crippen LogP contribution in [0.3, 0.4) is 0 Å². The predicted molar refractivity (Wildman–Crippen MR) is 18.7 cm³/mol. The summed E-state index contributed by atoms with van der Waals surface area (Å²) < 4.78 is 90.3. The maximum absolute atomic E-state index is 9.53. The van der Waals surface area contributed by atoms with Crippen molar-refractivity contribution >= 4 is 10.4 Å². The summed E-state index contributed by atoms with van der Waals surface area (Å²) in [6.45, 7) is 0. The molecule has 0 aromatic carbocycles. The van der Waals surface area contributed by atoms with Gasteiger partial charge in [0.1, 0.15) is 0 Å². The second kappa shape index (κ2) is 10.4. The van der Waals surface area contributed by atoms with Crippen LogP contribution >= 0.6 is 0 Å². The molecule has 0 aromatic heterocycles. The van der Waals surface area contributed by atoms with Crippen LogP contribution in [-0.2, 0) is 83.3 Å². The Bertz CT molecular complexity index is 416. The van der Waals surface area contributed by atoms with Crippen LogP contribution in [0.25, 0.3) is 0 Å². The van der Waals surface area contributed by atoms with Crippen molar-refractivity contribution in [2.24, 2.45) is 0 Å². The van der Waals surface area contributed by atoms with Crippen molar-refractivity contribution in [1.29, 1.82) is 0 Å². The molecule has 0 saturated carbocycles. The normalized spacial score (nSPS) is 11.2. The average Bonchev–Trinajstić information content (AvgIpc) is 1.42. The first kappa shape index (κ1) is 27.0. The minimum absolute atomic E-state index is 0. The van der Waals surface area contributed by atoms with Crippen molar-refractivity contribution in [1.82, 2.24) is 0 Å². The molecule has 0 aliphatic heterocycles. The van der Waals surface area contributed by atoms with Gasteiger partial charge in [0.15, 0.2) is 0 Å². The van der Waals surface area contributed by atoms with E-state index in [4.69, 9.17) is 25.8 Å². The molecule has 16 heavy (non-hydrogen) atoms. The van der Waals surface area contributed by atoms with E-state index in [-0.39, 0.29) is 79.1 Å². The summed E-state index contributed by atoms with van der Waals surface area (Å²) in [5, 5.41) is 0. The van der Waals surface area contributed by atoms with Crippen LogP contribution in [0, 0.1) is 0 Å². The van der Waals surface area contributed by atoms with E-state index >= 15 is 0 Å². The molecule has 0 heterocycles. The third-order valence-electron chi connectivity index (χ3n) is 0.172. The van der Waals surface area contributed by atoms with Gasteiger partial charge in [-0.05, 0) is 0 Å². The summed E-state index contributed by atoms with van der Waals surface area (Å²) in [6.07, 6.45) is 0. The Morgan fingerprint density at radius 3 is 1.06 bits per heavy atom. The molecule has 0 rings (SSSR count). The molecule has 0 amide bonds. The van der Waals surface area contributed by atoms with Gasteiger partial charge in [-0.2, -0.15) is 0 Å². The molecule has 0 aliphatic carbocycles. The van der Waals surface area contributed by atoms with Crippen molar-refractivity contribution in [2.75, 3.05) is 0 Å². The Labute approximate surface area is 157 Å². The fourth-order valence-electron chi connectivity index (χ4n) is 0.109. The molecule has 0 saturated heterocycles. The number of rotatable bonds is 2. The zero-order chi connectivity index (χ0) is 12.2. The molecular weight excluding hydrogens is 552 g/mol. The van der Waals surface area contributed by atoms with Crippen molar-refractivity contribution in [3.8, 4) is 0 Å². The second-order valence-corrected chi connectivity index (χ2v) is 5.91.